The van der Waals surface area contributed by atoms with Crippen LogP contribution in [0.1, 0.15) is 67.8 Å². The van der Waals surface area contributed by atoms with Crippen molar-refractivity contribution in [2.75, 3.05) is 6.54 Å². The number of amides is 1. The number of hydrogen-bond acceptors (Lipinski definition) is 5. The fourth-order valence-electron chi connectivity index (χ4n) is 3.74. The zero-order valence-corrected chi connectivity index (χ0v) is 16.9. The fraction of sp³-hybridized carbons (Fsp3) is 0.619. The molecule has 1 aromatic heterocycles. The van der Waals surface area contributed by atoms with Crippen molar-refractivity contribution in [2.24, 2.45) is 5.92 Å². The first kappa shape index (κ1) is 21.7. The average molecular weight is 387 g/mol. The van der Waals surface area contributed by atoms with Gasteiger partial charge in [-0.05, 0) is 57.1 Å². The van der Waals surface area contributed by atoms with Gasteiger partial charge in [0.1, 0.15) is 11.6 Å². The van der Waals surface area contributed by atoms with Crippen LogP contribution in [0.4, 0.5) is 0 Å². The van der Waals surface area contributed by atoms with Crippen LogP contribution in [0, 0.1) is 31.1 Å². The van der Waals surface area contributed by atoms with E-state index < -0.39 is 17.6 Å². The Morgan fingerprint density at radius 1 is 1.29 bits per heavy atom. The molecule has 7 heteroatoms. The summed E-state index contributed by atoms with van der Waals surface area (Å²) in [6, 6.07) is 1.89. The van der Waals surface area contributed by atoms with Gasteiger partial charge in [0.15, 0.2) is 6.10 Å². The number of aromatic amines is 1. The molecular weight excluding hydrogens is 358 g/mol. The molecule has 7 nitrogen and oxygen atoms in total. The van der Waals surface area contributed by atoms with Gasteiger partial charge in [0, 0.05) is 18.7 Å². The minimum absolute atomic E-state index is 0.0597. The van der Waals surface area contributed by atoms with Crippen LogP contribution in [-0.2, 0) is 20.7 Å². The Labute approximate surface area is 165 Å². The van der Waals surface area contributed by atoms with Crippen LogP contribution in [0.15, 0.2) is 4.79 Å². The highest BCUT2D eigenvalue weighted by Crippen LogP contribution is 2.22. The monoisotopic (exact) mass is 387 g/mol. The quantitative estimate of drug-likeness (QED) is 0.698. The predicted molar refractivity (Wildman–Crippen MR) is 105 cm³/mol. The normalized spacial score (nSPS) is 15.5. The number of rotatable bonds is 7. The number of nitriles is 1. The van der Waals surface area contributed by atoms with Crippen molar-refractivity contribution in [2.45, 2.75) is 71.8 Å². The summed E-state index contributed by atoms with van der Waals surface area (Å²) in [5.74, 6) is -0.243. The summed E-state index contributed by atoms with van der Waals surface area (Å²) in [5.41, 5.74) is 1.60. The van der Waals surface area contributed by atoms with Gasteiger partial charge < -0.3 is 15.0 Å². The van der Waals surface area contributed by atoms with E-state index in [-0.39, 0.29) is 17.9 Å². The third kappa shape index (κ3) is 5.69. The highest BCUT2D eigenvalue weighted by atomic mass is 16.5. The van der Waals surface area contributed by atoms with E-state index in [2.05, 4.69) is 10.3 Å². The zero-order valence-electron chi connectivity index (χ0n) is 16.9. The lowest BCUT2D eigenvalue weighted by Gasteiger charge is -2.22. The number of nitrogens with one attached hydrogen (secondary N) is 2. The van der Waals surface area contributed by atoms with Crippen molar-refractivity contribution < 1.29 is 14.3 Å². The van der Waals surface area contributed by atoms with Gasteiger partial charge in [-0.3, -0.25) is 14.4 Å². The molecule has 1 aromatic rings. The van der Waals surface area contributed by atoms with Crippen LogP contribution in [0.25, 0.3) is 0 Å². The standard InChI is InChI=1S/C21H29N3O4/c1-13-17(14(2)24-21(27)18(13)11-22)9-10-19(25)28-15(3)20(26)23-12-16-7-5-4-6-8-16/h15-16H,4-10,12H2,1-3H3,(H,23,26)(H,24,27)/t15-/m0/s1. The number of ether oxygens (including phenoxy) is 1. The maximum absolute atomic E-state index is 12.2. The topological polar surface area (TPSA) is 112 Å². The Morgan fingerprint density at radius 2 is 1.96 bits per heavy atom. The smallest absolute Gasteiger partial charge is 0.306 e. The van der Waals surface area contributed by atoms with E-state index >= 15 is 0 Å². The Kier molecular flexibility index (Phi) is 7.80. The number of esters is 1. The maximum atomic E-state index is 12.2. The van der Waals surface area contributed by atoms with Gasteiger partial charge in [0.2, 0.25) is 0 Å². The zero-order chi connectivity index (χ0) is 20.7. The number of H-pyrrole nitrogens is 1. The SMILES string of the molecule is Cc1[nH]c(=O)c(C#N)c(C)c1CCC(=O)O[C@@H](C)C(=O)NCC1CCCCC1. The maximum Gasteiger partial charge on any atom is 0.306 e. The van der Waals surface area contributed by atoms with Crippen molar-refractivity contribution in [1.29, 1.82) is 5.26 Å². The molecule has 0 aromatic carbocycles. The van der Waals surface area contributed by atoms with Crippen molar-refractivity contribution in [1.82, 2.24) is 10.3 Å². The molecule has 0 radical (unpaired) electrons. The molecule has 1 fully saturated rings. The summed E-state index contributed by atoms with van der Waals surface area (Å²) < 4.78 is 5.25. The van der Waals surface area contributed by atoms with Crippen LogP contribution >= 0.6 is 0 Å². The first-order valence-electron chi connectivity index (χ1n) is 9.93. The lowest BCUT2D eigenvalue weighted by atomic mass is 9.89. The van der Waals surface area contributed by atoms with E-state index in [0.717, 1.165) is 18.4 Å². The predicted octanol–water partition coefficient (Wildman–Crippen LogP) is 2.42. The molecular formula is C21H29N3O4. The minimum Gasteiger partial charge on any atom is -0.453 e. The van der Waals surface area contributed by atoms with Crippen molar-refractivity contribution >= 4 is 11.9 Å². The molecule has 1 saturated carbocycles. The van der Waals surface area contributed by atoms with Gasteiger partial charge in [-0.2, -0.15) is 5.26 Å². The largest absolute Gasteiger partial charge is 0.453 e. The molecule has 152 valence electrons. The van der Waals surface area contributed by atoms with Crippen molar-refractivity contribution in [3.8, 4) is 6.07 Å². The number of nitrogens with zero attached hydrogens (tertiary/aromatic N) is 1. The highest BCUT2D eigenvalue weighted by molar-refractivity contribution is 5.83. The first-order chi connectivity index (χ1) is 13.3. The van der Waals surface area contributed by atoms with E-state index in [9.17, 15) is 14.4 Å². The number of carbonyl (C=O) groups is 2. The second-order valence-corrected chi connectivity index (χ2v) is 7.55. The molecule has 0 saturated heterocycles. The van der Waals surface area contributed by atoms with Crippen LogP contribution in [-0.4, -0.2) is 29.5 Å². The Hall–Kier alpha value is -2.62. The third-order valence-corrected chi connectivity index (χ3v) is 5.47. The Morgan fingerprint density at radius 3 is 2.61 bits per heavy atom. The molecule has 1 aliphatic rings. The van der Waals surface area contributed by atoms with Gasteiger partial charge in [-0.1, -0.05) is 19.3 Å². The molecule has 28 heavy (non-hydrogen) atoms. The van der Waals surface area contributed by atoms with Crippen LogP contribution in [0.5, 0.6) is 0 Å². The summed E-state index contributed by atoms with van der Waals surface area (Å²) in [7, 11) is 0. The van der Waals surface area contributed by atoms with E-state index in [1.807, 2.05) is 6.07 Å². The molecule has 0 aliphatic heterocycles. The van der Waals surface area contributed by atoms with Crippen LogP contribution in [0.2, 0.25) is 0 Å². The molecule has 1 heterocycles. The number of carbonyl (C=O) groups excluding carboxylic acids is 2. The van der Waals surface area contributed by atoms with Crippen LogP contribution in [0.3, 0.4) is 0 Å². The molecule has 0 spiro atoms. The first-order valence-corrected chi connectivity index (χ1v) is 9.93. The van der Waals surface area contributed by atoms with Crippen molar-refractivity contribution in [3.05, 3.63) is 32.7 Å². The van der Waals surface area contributed by atoms with E-state index in [4.69, 9.17) is 10.00 Å². The summed E-state index contributed by atoms with van der Waals surface area (Å²) in [5, 5.41) is 12.0. The Bertz CT molecular complexity index is 816. The van der Waals surface area contributed by atoms with E-state index in [1.165, 1.54) is 19.3 Å². The Balaban J connectivity index is 1.84. The lowest BCUT2D eigenvalue weighted by Crippen LogP contribution is -2.38. The molecule has 0 bridgehead atoms. The van der Waals surface area contributed by atoms with Gasteiger partial charge in [0.05, 0.1) is 0 Å². The molecule has 0 unspecified atom stereocenters. The van der Waals surface area contributed by atoms with Gasteiger partial charge >= 0.3 is 5.97 Å². The summed E-state index contributed by atoms with van der Waals surface area (Å²) in [6.45, 7) is 5.63. The molecule has 2 rings (SSSR count). The van der Waals surface area contributed by atoms with Gasteiger partial charge in [-0.25, -0.2) is 0 Å². The van der Waals surface area contributed by atoms with Gasteiger partial charge in [-0.15, -0.1) is 0 Å². The average Bonchev–Trinajstić information content (AvgIpc) is 2.66. The fourth-order valence-corrected chi connectivity index (χ4v) is 3.74. The third-order valence-electron chi connectivity index (χ3n) is 5.47. The minimum atomic E-state index is -0.844. The van der Waals surface area contributed by atoms with Crippen molar-refractivity contribution in [3.63, 3.8) is 0 Å². The molecule has 1 atom stereocenters. The lowest BCUT2D eigenvalue weighted by molar-refractivity contribution is -0.154. The van der Waals surface area contributed by atoms with E-state index in [1.54, 1.807) is 20.8 Å². The number of aromatic nitrogens is 1. The number of pyridine rings is 1. The second-order valence-electron chi connectivity index (χ2n) is 7.55. The number of aryl methyl sites for hydroxylation is 1. The number of hydrogen-bond donors (Lipinski definition) is 2. The van der Waals surface area contributed by atoms with E-state index in [0.29, 0.717) is 30.1 Å². The van der Waals surface area contributed by atoms with Gasteiger partial charge in [0.25, 0.3) is 11.5 Å². The summed E-state index contributed by atoms with van der Waals surface area (Å²) in [4.78, 5) is 38.7. The molecule has 1 aliphatic carbocycles. The highest BCUT2D eigenvalue weighted by Gasteiger charge is 2.21. The van der Waals surface area contributed by atoms with Crippen LogP contribution < -0.4 is 10.9 Å². The summed E-state index contributed by atoms with van der Waals surface area (Å²) in [6.07, 6.45) is 5.52. The molecule has 1 amide bonds. The second kappa shape index (κ2) is 10.1. The molecule has 2 N–H and O–H groups in total. The summed E-state index contributed by atoms with van der Waals surface area (Å²) >= 11 is 0.